The Balaban J connectivity index is 1.75. The van der Waals surface area contributed by atoms with E-state index in [2.05, 4.69) is 4.90 Å². The summed E-state index contributed by atoms with van der Waals surface area (Å²) in [5, 5.41) is 0.328. The predicted molar refractivity (Wildman–Crippen MR) is 103 cm³/mol. The smallest absolute Gasteiger partial charge is 0.161 e. The van der Waals surface area contributed by atoms with E-state index >= 15 is 0 Å². The summed E-state index contributed by atoms with van der Waals surface area (Å²) < 4.78 is 30.4. The SMILES string of the molecule is COc1cc(C(=S)N2CCOCC2)ccc1OCc1c(F)cccc1Cl. The van der Waals surface area contributed by atoms with Gasteiger partial charge < -0.3 is 19.1 Å². The first kappa shape index (κ1) is 18.9. The molecule has 1 fully saturated rings. The van der Waals surface area contributed by atoms with Crippen LogP contribution in [0.1, 0.15) is 11.1 Å². The summed E-state index contributed by atoms with van der Waals surface area (Å²) in [5.74, 6) is 0.632. The highest BCUT2D eigenvalue weighted by molar-refractivity contribution is 7.80. The molecule has 1 saturated heterocycles. The molecule has 0 saturated carbocycles. The van der Waals surface area contributed by atoms with Crippen LogP contribution in [-0.2, 0) is 11.3 Å². The number of ether oxygens (including phenoxy) is 3. The van der Waals surface area contributed by atoms with E-state index in [-0.39, 0.29) is 6.61 Å². The molecule has 0 amide bonds. The first-order valence-corrected chi connectivity index (χ1v) is 8.99. The highest BCUT2D eigenvalue weighted by atomic mass is 35.5. The average molecular weight is 396 g/mol. The molecule has 0 aromatic heterocycles. The second-order valence-electron chi connectivity index (χ2n) is 5.76. The van der Waals surface area contributed by atoms with Crippen LogP contribution in [0.2, 0.25) is 5.02 Å². The van der Waals surface area contributed by atoms with Gasteiger partial charge in [0.25, 0.3) is 0 Å². The van der Waals surface area contributed by atoms with E-state index in [0.29, 0.717) is 35.3 Å². The van der Waals surface area contributed by atoms with E-state index in [9.17, 15) is 4.39 Å². The summed E-state index contributed by atoms with van der Waals surface area (Å²) in [5.41, 5.74) is 1.18. The molecule has 0 atom stereocenters. The van der Waals surface area contributed by atoms with Gasteiger partial charge in [-0.3, -0.25) is 0 Å². The monoisotopic (exact) mass is 395 g/mol. The summed E-state index contributed by atoms with van der Waals surface area (Å²) in [6.07, 6.45) is 0. The summed E-state index contributed by atoms with van der Waals surface area (Å²) >= 11 is 11.6. The van der Waals surface area contributed by atoms with Crippen LogP contribution in [0.4, 0.5) is 4.39 Å². The molecule has 0 aliphatic carbocycles. The Morgan fingerprint density at radius 3 is 2.69 bits per heavy atom. The quantitative estimate of drug-likeness (QED) is 0.712. The number of methoxy groups -OCH3 is 1. The number of morpholine rings is 1. The number of rotatable bonds is 5. The molecule has 0 unspecified atom stereocenters. The fourth-order valence-electron chi connectivity index (χ4n) is 2.69. The van der Waals surface area contributed by atoms with Crippen LogP contribution in [0, 0.1) is 5.82 Å². The fraction of sp³-hybridized carbons (Fsp3) is 0.316. The Kier molecular flexibility index (Phi) is 6.29. The largest absolute Gasteiger partial charge is 0.493 e. The van der Waals surface area contributed by atoms with Gasteiger partial charge in [-0.25, -0.2) is 4.39 Å². The van der Waals surface area contributed by atoms with Crippen molar-refractivity contribution in [2.24, 2.45) is 0 Å². The van der Waals surface area contributed by atoms with Crippen molar-refractivity contribution in [1.82, 2.24) is 4.90 Å². The molecule has 2 aromatic carbocycles. The van der Waals surface area contributed by atoms with Crippen LogP contribution in [0.5, 0.6) is 11.5 Å². The molecule has 0 spiro atoms. The molecule has 1 heterocycles. The van der Waals surface area contributed by atoms with E-state index in [4.69, 9.17) is 38.0 Å². The Bertz CT molecular complexity index is 776. The van der Waals surface area contributed by atoms with Gasteiger partial charge in [-0.2, -0.15) is 0 Å². The average Bonchev–Trinajstić information content (AvgIpc) is 2.67. The normalized spacial score (nSPS) is 14.2. The summed E-state index contributed by atoms with van der Waals surface area (Å²) in [7, 11) is 1.56. The second kappa shape index (κ2) is 8.66. The third-order valence-electron chi connectivity index (χ3n) is 4.14. The van der Waals surface area contributed by atoms with Gasteiger partial charge in [0.1, 0.15) is 17.4 Å². The molecular formula is C19H19ClFNO3S. The lowest BCUT2D eigenvalue weighted by Crippen LogP contribution is -2.40. The third-order valence-corrected chi connectivity index (χ3v) is 4.99. The molecule has 3 rings (SSSR count). The van der Waals surface area contributed by atoms with Crippen LogP contribution in [-0.4, -0.2) is 43.3 Å². The molecule has 2 aromatic rings. The zero-order chi connectivity index (χ0) is 18.5. The first-order valence-electron chi connectivity index (χ1n) is 8.21. The topological polar surface area (TPSA) is 30.9 Å². The van der Waals surface area contributed by atoms with E-state index in [1.54, 1.807) is 25.3 Å². The Labute approximate surface area is 162 Å². The van der Waals surface area contributed by atoms with Crippen molar-refractivity contribution in [3.05, 3.63) is 58.4 Å². The minimum absolute atomic E-state index is 0.00905. The van der Waals surface area contributed by atoms with Crippen molar-refractivity contribution >= 4 is 28.8 Å². The Morgan fingerprint density at radius 2 is 2.00 bits per heavy atom. The van der Waals surface area contributed by atoms with Crippen LogP contribution in [0.3, 0.4) is 0 Å². The maximum absolute atomic E-state index is 13.9. The molecule has 4 nitrogen and oxygen atoms in total. The van der Waals surface area contributed by atoms with Crippen LogP contribution >= 0.6 is 23.8 Å². The second-order valence-corrected chi connectivity index (χ2v) is 6.55. The molecule has 0 bridgehead atoms. The van der Waals surface area contributed by atoms with Gasteiger partial charge in [0, 0.05) is 24.2 Å². The van der Waals surface area contributed by atoms with Crippen molar-refractivity contribution in [2.45, 2.75) is 6.61 Å². The highest BCUT2D eigenvalue weighted by Gasteiger charge is 2.17. The minimum atomic E-state index is -0.401. The van der Waals surface area contributed by atoms with E-state index in [1.807, 2.05) is 12.1 Å². The van der Waals surface area contributed by atoms with Gasteiger partial charge in [0.15, 0.2) is 11.5 Å². The van der Waals surface area contributed by atoms with Gasteiger partial charge in [0.2, 0.25) is 0 Å². The van der Waals surface area contributed by atoms with Crippen LogP contribution in [0.15, 0.2) is 36.4 Å². The number of nitrogens with zero attached hydrogens (tertiary/aromatic N) is 1. The first-order chi connectivity index (χ1) is 12.6. The van der Waals surface area contributed by atoms with Crippen LogP contribution in [0.25, 0.3) is 0 Å². The van der Waals surface area contributed by atoms with E-state index < -0.39 is 5.82 Å². The zero-order valence-corrected chi connectivity index (χ0v) is 15.9. The van der Waals surface area contributed by atoms with E-state index in [1.165, 1.54) is 6.07 Å². The molecule has 138 valence electrons. The molecule has 7 heteroatoms. The van der Waals surface area contributed by atoms with Gasteiger partial charge >= 0.3 is 0 Å². The summed E-state index contributed by atoms with van der Waals surface area (Å²) in [6, 6.07) is 10.0. The number of hydrogen-bond acceptors (Lipinski definition) is 4. The summed E-state index contributed by atoms with van der Waals surface area (Å²) in [4.78, 5) is 2.85. The van der Waals surface area contributed by atoms with Gasteiger partial charge in [-0.05, 0) is 30.3 Å². The molecule has 0 radical (unpaired) electrons. The van der Waals surface area contributed by atoms with Gasteiger partial charge in [0.05, 0.1) is 25.3 Å². The number of benzene rings is 2. The Hall–Kier alpha value is -1.89. The zero-order valence-electron chi connectivity index (χ0n) is 14.3. The number of hydrogen-bond donors (Lipinski definition) is 0. The number of halogens is 2. The maximum Gasteiger partial charge on any atom is 0.161 e. The van der Waals surface area contributed by atoms with Crippen molar-refractivity contribution < 1.29 is 18.6 Å². The fourth-order valence-corrected chi connectivity index (χ4v) is 3.22. The molecular weight excluding hydrogens is 377 g/mol. The highest BCUT2D eigenvalue weighted by Crippen LogP contribution is 2.30. The standard InChI is InChI=1S/C19H19ClFNO3S/c1-23-18-11-13(19(26)22-7-9-24-10-8-22)5-6-17(18)25-12-14-15(20)3-2-4-16(14)21/h2-6,11H,7-10,12H2,1H3. The molecule has 26 heavy (non-hydrogen) atoms. The van der Waals surface area contributed by atoms with Crippen molar-refractivity contribution in [3.63, 3.8) is 0 Å². The Morgan fingerprint density at radius 1 is 1.23 bits per heavy atom. The van der Waals surface area contributed by atoms with Gasteiger partial charge in [-0.15, -0.1) is 0 Å². The molecule has 1 aliphatic heterocycles. The molecule has 0 N–H and O–H groups in total. The lowest BCUT2D eigenvalue weighted by molar-refractivity contribution is 0.0693. The molecule has 1 aliphatic rings. The number of thiocarbonyl (C=S) groups is 1. The lowest BCUT2D eigenvalue weighted by atomic mass is 10.1. The van der Waals surface area contributed by atoms with Crippen molar-refractivity contribution in [2.75, 3.05) is 33.4 Å². The summed E-state index contributed by atoms with van der Waals surface area (Å²) in [6.45, 7) is 2.88. The van der Waals surface area contributed by atoms with Crippen molar-refractivity contribution in [3.8, 4) is 11.5 Å². The van der Waals surface area contributed by atoms with Gasteiger partial charge in [-0.1, -0.05) is 29.9 Å². The lowest BCUT2D eigenvalue weighted by Gasteiger charge is -2.29. The van der Waals surface area contributed by atoms with Crippen molar-refractivity contribution in [1.29, 1.82) is 0 Å². The third kappa shape index (κ3) is 4.26. The maximum atomic E-state index is 13.9. The van der Waals surface area contributed by atoms with E-state index in [0.717, 1.165) is 23.6 Å². The van der Waals surface area contributed by atoms with Crippen LogP contribution < -0.4 is 9.47 Å². The predicted octanol–water partition coefficient (Wildman–Crippen LogP) is 4.07. The minimum Gasteiger partial charge on any atom is -0.493 e.